The molecule has 276 valence electrons. The van der Waals surface area contributed by atoms with Crippen molar-refractivity contribution in [2.45, 2.75) is 177 Å². The zero-order valence-corrected chi connectivity index (χ0v) is 32.3. The minimum atomic E-state index is -0.878. The van der Waals surface area contributed by atoms with Gasteiger partial charge in [-0.15, -0.1) is 0 Å². The second-order valence-electron chi connectivity index (χ2n) is 20.5. The third-order valence-electron chi connectivity index (χ3n) is 16.9. The Morgan fingerprint density at radius 1 is 0.816 bits per heavy atom. The SMILES string of the molecule is C=C(C)[C@@H]1CC[C@]2(CC(=O)NC3CCCC3)CC[C@]3(C)[C@H](CCC4[C@@]5(C)CC[C@H](OC(=O)CC(C)(C)CC(=O)O)C(C)(C)C5CC[C@]43C)C12. The lowest BCUT2D eigenvalue weighted by Crippen LogP contribution is -2.67. The maximum absolute atomic E-state index is 13.7. The molecule has 0 bridgehead atoms. The molecule has 0 aromatic carbocycles. The number of carboxylic acid groups (broad SMARTS) is 1. The highest BCUT2D eigenvalue weighted by Crippen LogP contribution is 2.78. The molecule has 10 atom stereocenters. The van der Waals surface area contributed by atoms with Crippen LogP contribution in [0.15, 0.2) is 12.2 Å². The van der Waals surface area contributed by atoms with Gasteiger partial charge in [0, 0.05) is 17.9 Å². The molecule has 6 aliphatic rings. The Bertz CT molecular complexity index is 1330. The van der Waals surface area contributed by atoms with Gasteiger partial charge in [-0.25, -0.2) is 0 Å². The summed E-state index contributed by atoms with van der Waals surface area (Å²) >= 11 is 0. The molecule has 0 aliphatic heterocycles. The third-order valence-corrected chi connectivity index (χ3v) is 16.9. The highest BCUT2D eigenvalue weighted by molar-refractivity contribution is 5.77. The molecule has 0 radical (unpaired) electrons. The lowest BCUT2D eigenvalue weighted by molar-refractivity contribution is -0.250. The molecule has 1 amide bonds. The number of carboxylic acids is 1. The van der Waals surface area contributed by atoms with Crippen LogP contribution in [0.2, 0.25) is 0 Å². The lowest BCUT2D eigenvalue weighted by Gasteiger charge is -2.73. The maximum atomic E-state index is 13.7. The molecule has 6 aliphatic carbocycles. The van der Waals surface area contributed by atoms with E-state index in [-0.39, 0.29) is 52.0 Å². The first kappa shape index (κ1) is 36.9. The fourth-order valence-corrected chi connectivity index (χ4v) is 14.5. The molecule has 0 saturated heterocycles. The minimum absolute atomic E-state index is 0.0420. The van der Waals surface area contributed by atoms with Crippen molar-refractivity contribution >= 4 is 17.8 Å². The molecule has 0 aromatic rings. The number of ether oxygens (including phenoxy) is 1. The van der Waals surface area contributed by atoms with E-state index in [2.05, 4.69) is 53.4 Å². The van der Waals surface area contributed by atoms with E-state index in [0.717, 1.165) is 38.5 Å². The van der Waals surface area contributed by atoms with Crippen molar-refractivity contribution in [3.8, 4) is 0 Å². The van der Waals surface area contributed by atoms with Crippen LogP contribution < -0.4 is 5.32 Å². The smallest absolute Gasteiger partial charge is 0.306 e. The summed E-state index contributed by atoms with van der Waals surface area (Å²) < 4.78 is 6.28. The van der Waals surface area contributed by atoms with Crippen LogP contribution in [0.4, 0.5) is 0 Å². The highest BCUT2D eigenvalue weighted by Gasteiger charge is 2.71. The average molecular weight is 680 g/mol. The van der Waals surface area contributed by atoms with Gasteiger partial charge in [0.15, 0.2) is 0 Å². The van der Waals surface area contributed by atoms with Crippen molar-refractivity contribution in [3.05, 3.63) is 12.2 Å². The first-order chi connectivity index (χ1) is 22.8. The fourth-order valence-electron chi connectivity index (χ4n) is 14.5. The number of esters is 1. The second-order valence-corrected chi connectivity index (χ2v) is 20.5. The number of fused-ring (bicyclic) bond motifs is 7. The van der Waals surface area contributed by atoms with Crippen molar-refractivity contribution in [1.29, 1.82) is 0 Å². The Morgan fingerprint density at radius 3 is 2.16 bits per heavy atom. The predicted octanol–water partition coefficient (Wildman–Crippen LogP) is 9.90. The van der Waals surface area contributed by atoms with Gasteiger partial charge < -0.3 is 15.2 Å². The summed E-state index contributed by atoms with van der Waals surface area (Å²) in [6, 6.07) is 0.381. The van der Waals surface area contributed by atoms with Gasteiger partial charge >= 0.3 is 11.9 Å². The summed E-state index contributed by atoms with van der Waals surface area (Å²) in [6.07, 6.45) is 16.9. The van der Waals surface area contributed by atoms with Crippen LogP contribution in [0.5, 0.6) is 0 Å². The van der Waals surface area contributed by atoms with Gasteiger partial charge in [-0.1, -0.05) is 73.5 Å². The largest absolute Gasteiger partial charge is 0.481 e. The Kier molecular flexibility index (Phi) is 9.55. The van der Waals surface area contributed by atoms with Crippen molar-refractivity contribution in [2.75, 3.05) is 0 Å². The lowest BCUT2D eigenvalue weighted by atomic mass is 9.32. The summed E-state index contributed by atoms with van der Waals surface area (Å²) in [6.45, 7) is 23.1. The fraction of sp³-hybridized carbons (Fsp3) is 0.884. The summed E-state index contributed by atoms with van der Waals surface area (Å²) in [5, 5.41) is 12.8. The number of nitrogens with one attached hydrogen (secondary N) is 1. The standard InChI is InChI=1S/C43H69NO5/c1-27(2)29-16-21-43(24-34(45)44-28-12-10-11-13-28)23-22-41(8)30(37(29)43)14-15-32-40(7)19-18-33(39(5,6)31(40)17-20-42(32,41)9)49-36(48)26-38(3,4)25-35(46)47/h28-33,37H,1,10-26H2,2-9H3,(H,44,45)(H,46,47)/t29-,30+,31?,32?,33-,37?,40-,41+,42+,43+/m0/s1. The summed E-state index contributed by atoms with van der Waals surface area (Å²) in [7, 11) is 0. The Labute approximate surface area is 297 Å². The maximum Gasteiger partial charge on any atom is 0.306 e. The number of amides is 1. The molecule has 0 spiro atoms. The summed E-state index contributed by atoms with van der Waals surface area (Å²) in [5.41, 5.74) is 1.28. The highest BCUT2D eigenvalue weighted by atomic mass is 16.5. The van der Waals surface area contributed by atoms with Gasteiger partial charge in [0.05, 0.1) is 12.8 Å². The van der Waals surface area contributed by atoms with Crippen LogP contribution in [0.3, 0.4) is 0 Å². The minimum Gasteiger partial charge on any atom is -0.481 e. The van der Waals surface area contributed by atoms with Gasteiger partial charge in [-0.2, -0.15) is 0 Å². The van der Waals surface area contributed by atoms with Crippen LogP contribution in [0.25, 0.3) is 0 Å². The molecular formula is C43H69NO5. The Balaban J connectivity index is 1.22. The Hall–Kier alpha value is -1.85. The van der Waals surface area contributed by atoms with Gasteiger partial charge in [-0.3, -0.25) is 14.4 Å². The number of carbonyl (C=O) groups is 3. The van der Waals surface area contributed by atoms with Gasteiger partial charge in [0.1, 0.15) is 6.10 Å². The van der Waals surface area contributed by atoms with Crippen LogP contribution in [-0.2, 0) is 19.1 Å². The molecule has 6 heteroatoms. The van der Waals surface area contributed by atoms with E-state index in [0.29, 0.717) is 48.0 Å². The molecule has 0 aromatic heterocycles. The van der Waals surface area contributed by atoms with Crippen molar-refractivity contribution < 1.29 is 24.2 Å². The second kappa shape index (κ2) is 12.7. The van der Waals surface area contributed by atoms with Crippen LogP contribution in [0.1, 0.15) is 165 Å². The van der Waals surface area contributed by atoms with Crippen LogP contribution in [-0.4, -0.2) is 35.1 Å². The van der Waals surface area contributed by atoms with E-state index in [1.807, 2.05) is 13.8 Å². The summed E-state index contributed by atoms with van der Waals surface area (Å²) in [4.78, 5) is 38.3. The molecule has 49 heavy (non-hydrogen) atoms. The van der Waals surface area contributed by atoms with Crippen molar-refractivity contribution in [2.24, 2.45) is 62.1 Å². The summed E-state index contributed by atoms with van der Waals surface area (Å²) in [5.74, 6) is 1.93. The van der Waals surface area contributed by atoms with Crippen LogP contribution in [0, 0.1) is 62.1 Å². The zero-order chi connectivity index (χ0) is 35.8. The molecule has 6 fully saturated rings. The quantitative estimate of drug-likeness (QED) is 0.187. The van der Waals surface area contributed by atoms with E-state index in [4.69, 9.17) is 4.74 Å². The van der Waals surface area contributed by atoms with E-state index >= 15 is 0 Å². The topological polar surface area (TPSA) is 92.7 Å². The van der Waals surface area contributed by atoms with Gasteiger partial charge in [0.25, 0.3) is 0 Å². The first-order valence-corrected chi connectivity index (χ1v) is 20.1. The van der Waals surface area contributed by atoms with E-state index in [9.17, 15) is 19.5 Å². The molecular weight excluding hydrogens is 610 g/mol. The Morgan fingerprint density at radius 2 is 1.51 bits per heavy atom. The van der Waals surface area contributed by atoms with E-state index < -0.39 is 11.4 Å². The molecule has 6 rings (SSSR count). The van der Waals surface area contributed by atoms with Gasteiger partial charge in [-0.05, 0) is 141 Å². The third kappa shape index (κ3) is 6.13. The number of hydrogen-bond donors (Lipinski definition) is 2. The van der Waals surface area contributed by atoms with Crippen molar-refractivity contribution in [1.82, 2.24) is 5.32 Å². The number of aliphatic carboxylic acids is 1. The van der Waals surface area contributed by atoms with Crippen LogP contribution >= 0.6 is 0 Å². The predicted molar refractivity (Wildman–Crippen MR) is 195 cm³/mol. The number of hydrogen-bond acceptors (Lipinski definition) is 4. The van der Waals surface area contributed by atoms with E-state index in [1.165, 1.54) is 56.9 Å². The first-order valence-electron chi connectivity index (χ1n) is 20.1. The van der Waals surface area contributed by atoms with E-state index in [1.54, 1.807) is 0 Å². The van der Waals surface area contributed by atoms with Crippen molar-refractivity contribution in [3.63, 3.8) is 0 Å². The average Bonchev–Trinajstić information content (AvgIpc) is 3.62. The number of rotatable bonds is 9. The molecule has 2 N–H and O–H groups in total. The van der Waals surface area contributed by atoms with Gasteiger partial charge in [0.2, 0.25) is 5.91 Å². The molecule has 3 unspecified atom stereocenters. The number of carbonyl (C=O) groups excluding carboxylic acids is 2. The number of allylic oxidation sites excluding steroid dienone is 1. The zero-order valence-electron chi connectivity index (χ0n) is 32.3. The molecule has 6 saturated carbocycles. The molecule has 0 heterocycles. The normalized spacial score (nSPS) is 43.0. The molecule has 6 nitrogen and oxygen atoms in total. The monoisotopic (exact) mass is 680 g/mol.